The van der Waals surface area contributed by atoms with Crippen molar-refractivity contribution >= 4 is 18.0 Å². The Morgan fingerprint density at radius 3 is 1.87 bits per heavy atom. The molecule has 0 saturated heterocycles. The van der Waals surface area contributed by atoms with Crippen molar-refractivity contribution in [2.45, 2.75) is 6.42 Å². The lowest BCUT2D eigenvalue weighted by molar-refractivity contribution is -0.143. The van der Waals surface area contributed by atoms with Gasteiger partial charge in [0, 0.05) is 5.57 Å². The van der Waals surface area contributed by atoms with E-state index in [1.165, 1.54) is 41.6 Å². The summed E-state index contributed by atoms with van der Waals surface area (Å²) in [7, 11) is 6.95. The van der Waals surface area contributed by atoms with Crippen LogP contribution < -0.4 is 14.2 Å². The quantitative estimate of drug-likeness (QED) is 0.559. The highest BCUT2D eigenvalue weighted by Gasteiger charge is 2.17. The first-order chi connectivity index (χ1) is 11.0. The van der Waals surface area contributed by atoms with Crippen molar-refractivity contribution in [3.05, 3.63) is 23.3 Å². The minimum Gasteiger partial charge on any atom is -0.493 e. The summed E-state index contributed by atoms with van der Waals surface area (Å²) in [5.41, 5.74) is 0.734. The number of hydrogen-bond acceptors (Lipinski definition) is 7. The van der Waals surface area contributed by atoms with E-state index in [1.54, 1.807) is 12.1 Å². The summed E-state index contributed by atoms with van der Waals surface area (Å²) in [5, 5.41) is 0. The van der Waals surface area contributed by atoms with Gasteiger partial charge in [-0.2, -0.15) is 0 Å². The second-order valence-electron chi connectivity index (χ2n) is 4.37. The van der Waals surface area contributed by atoms with Crippen LogP contribution in [0.3, 0.4) is 0 Å². The van der Waals surface area contributed by atoms with E-state index < -0.39 is 11.9 Å². The van der Waals surface area contributed by atoms with E-state index in [9.17, 15) is 9.59 Å². The third kappa shape index (κ3) is 4.64. The molecule has 1 aromatic rings. The molecular weight excluding hydrogens is 304 g/mol. The molecule has 0 amide bonds. The fourth-order valence-electron chi connectivity index (χ4n) is 1.93. The second-order valence-corrected chi connectivity index (χ2v) is 4.37. The van der Waals surface area contributed by atoms with E-state index in [1.807, 2.05) is 0 Å². The summed E-state index contributed by atoms with van der Waals surface area (Å²) >= 11 is 0. The molecule has 0 radical (unpaired) electrons. The number of ether oxygens (including phenoxy) is 5. The van der Waals surface area contributed by atoms with E-state index in [0.717, 1.165) is 0 Å². The normalized spacial score (nSPS) is 10.7. The van der Waals surface area contributed by atoms with Crippen LogP contribution in [0.5, 0.6) is 17.2 Å². The van der Waals surface area contributed by atoms with Crippen LogP contribution in [0.4, 0.5) is 0 Å². The Balaban J connectivity index is 3.34. The standard InChI is InChI=1S/C16H20O7/c1-19-12-7-10(8-13(20-2)15(12)22-4)6-11(16(18)23-5)9-14(17)21-3/h6-8H,9H2,1-5H3/b11-6+. The fraction of sp³-hybridized carbons (Fsp3) is 0.375. The van der Waals surface area contributed by atoms with Gasteiger partial charge in [0.15, 0.2) is 11.5 Å². The summed E-state index contributed by atoms with van der Waals surface area (Å²) in [6, 6.07) is 3.31. The van der Waals surface area contributed by atoms with Gasteiger partial charge in [0.1, 0.15) is 0 Å². The molecule has 0 aromatic heterocycles. The third-order valence-electron chi connectivity index (χ3n) is 3.04. The smallest absolute Gasteiger partial charge is 0.334 e. The first kappa shape index (κ1) is 18.3. The van der Waals surface area contributed by atoms with Crippen molar-refractivity contribution in [1.29, 1.82) is 0 Å². The highest BCUT2D eigenvalue weighted by molar-refractivity contribution is 5.98. The minimum atomic E-state index is -0.621. The average Bonchev–Trinajstić information content (AvgIpc) is 2.58. The molecule has 0 atom stereocenters. The molecule has 1 rings (SSSR count). The molecule has 0 heterocycles. The van der Waals surface area contributed by atoms with Gasteiger partial charge in [-0.05, 0) is 23.8 Å². The van der Waals surface area contributed by atoms with Crippen LogP contribution in [-0.2, 0) is 19.1 Å². The first-order valence-corrected chi connectivity index (χ1v) is 6.66. The van der Waals surface area contributed by atoms with Gasteiger partial charge in [-0.3, -0.25) is 4.79 Å². The van der Waals surface area contributed by atoms with Crippen LogP contribution in [0.15, 0.2) is 17.7 Å². The van der Waals surface area contributed by atoms with E-state index in [2.05, 4.69) is 9.47 Å². The van der Waals surface area contributed by atoms with Crippen LogP contribution >= 0.6 is 0 Å². The van der Waals surface area contributed by atoms with Gasteiger partial charge < -0.3 is 23.7 Å². The predicted molar refractivity (Wildman–Crippen MR) is 82.7 cm³/mol. The van der Waals surface area contributed by atoms with Gasteiger partial charge in [0.25, 0.3) is 0 Å². The van der Waals surface area contributed by atoms with Gasteiger partial charge in [0.05, 0.1) is 42.0 Å². The lowest BCUT2D eigenvalue weighted by Crippen LogP contribution is -2.11. The van der Waals surface area contributed by atoms with Gasteiger partial charge in [-0.1, -0.05) is 0 Å². The zero-order valence-electron chi connectivity index (χ0n) is 13.8. The molecule has 126 valence electrons. The Morgan fingerprint density at radius 2 is 1.48 bits per heavy atom. The highest BCUT2D eigenvalue weighted by Crippen LogP contribution is 2.38. The molecule has 23 heavy (non-hydrogen) atoms. The highest BCUT2D eigenvalue weighted by atomic mass is 16.5. The molecule has 0 spiro atoms. The number of carbonyl (C=O) groups is 2. The minimum absolute atomic E-state index is 0.147. The molecule has 0 saturated carbocycles. The Morgan fingerprint density at radius 1 is 0.913 bits per heavy atom. The monoisotopic (exact) mass is 324 g/mol. The lowest BCUT2D eigenvalue weighted by Gasteiger charge is -2.13. The van der Waals surface area contributed by atoms with Gasteiger partial charge in [-0.25, -0.2) is 4.79 Å². The molecular formula is C16H20O7. The largest absolute Gasteiger partial charge is 0.493 e. The first-order valence-electron chi connectivity index (χ1n) is 6.66. The number of methoxy groups -OCH3 is 5. The zero-order valence-corrected chi connectivity index (χ0v) is 13.8. The van der Waals surface area contributed by atoms with Crippen LogP contribution in [-0.4, -0.2) is 47.5 Å². The van der Waals surface area contributed by atoms with Crippen molar-refractivity contribution in [1.82, 2.24) is 0 Å². The number of benzene rings is 1. The molecule has 7 heteroatoms. The van der Waals surface area contributed by atoms with Crippen LogP contribution in [0.1, 0.15) is 12.0 Å². The second kappa shape index (κ2) is 8.67. The number of hydrogen-bond donors (Lipinski definition) is 0. The maximum absolute atomic E-state index is 11.8. The molecule has 0 N–H and O–H groups in total. The molecule has 0 aliphatic carbocycles. The SMILES string of the molecule is COC(=O)C/C(=C\c1cc(OC)c(OC)c(OC)c1)C(=O)OC. The van der Waals surface area contributed by atoms with Crippen molar-refractivity contribution in [3.63, 3.8) is 0 Å². The molecule has 0 fully saturated rings. The number of carbonyl (C=O) groups excluding carboxylic acids is 2. The molecule has 0 aliphatic heterocycles. The van der Waals surface area contributed by atoms with E-state index in [4.69, 9.17) is 14.2 Å². The Hall–Kier alpha value is -2.70. The summed E-state index contributed by atoms with van der Waals surface area (Å²) in [6.45, 7) is 0. The third-order valence-corrected chi connectivity index (χ3v) is 3.04. The molecule has 0 aliphatic rings. The van der Waals surface area contributed by atoms with E-state index in [0.29, 0.717) is 22.8 Å². The number of rotatable bonds is 7. The van der Waals surface area contributed by atoms with Crippen molar-refractivity contribution in [2.75, 3.05) is 35.5 Å². The summed E-state index contributed by atoms with van der Waals surface area (Å²) < 4.78 is 25.0. The van der Waals surface area contributed by atoms with Gasteiger partial charge >= 0.3 is 11.9 Å². The van der Waals surface area contributed by atoms with Crippen molar-refractivity contribution in [2.24, 2.45) is 0 Å². The zero-order chi connectivity index (χ0) is 17.4. The molecule has 1 aromatic carbocycles. The Labute approximate surface area is 134 Å². The Bertz CT molecular complexity index is 579. The van der Waals surface area contributed by atoms with Crippen molar-refractivity contribution in [3.8, 4) is 17.2 Å². The predicted octanol–water partition coefficient (Wildman–Crippen LogP) is 1.83. The van der Waals surface area contributed by atoms with Crippen LogP contribution in [0.2, 0.25) is 0 Å². The van der Waals surface area contributed by atoms with Gasteiger partial charge in [0.2, 0.25) is 5.75 Å². The maximum Gasteiger partial charge on any atom is 0.334 e. The lowest BCUT2D eigenvalue weighted by atomic mass is 10.1. The molecule has 7 nitrogen and oxygen atoms in total. The average molecular weight is 324 g/mol. The molecule has 0 unspecified atom stereocenters. The maximum atomic E-state index is 11.8. The molecule has 0 bridgehead atoms. The van der Waals surface area contributed by atoms with Crippen LogP contribution in [0, 0.1) is 0 Å². The summed E-state index contributed by atoms with van der Waals surface area (Å²) in [5.74, 6) is 0.124. The van der Waals surface area contributed by atoms with Crippen LogP contribution in [0.25, 0.3) is 6.08 Å². The van der Waals surface area contributed by atoms with E-state index in [-0.39, 0.29) is 12.0 Å². The summed E-state index contributed by atoms with van der Waals surface area (Å²) in [4.78, 5) is 23.3. The van der Waals surface area contributed by atoms with E-state index >= 15 is 0 Å². The van der Waals surface area contributed by atoms with Gasteiger partial charge in [-0.15, -0.1) is 0 Å². The summed E-state index contributed by atoms with van der Waals surface area (Å²) in [6.07, 6.45) is 1.30. The fourth-order valence-corrected chi connectivity index (χ4v) is 1.93. The Kier molecular flexibility index (Phi) is 6.92. The topological polar surface area (TPSA) is 80.3 Å². The number of esters is 2. The van der Waals surface area contributed by atoms with Crippen molar-refractivity contribution < 1.29 is 33.3 Å².